The average Bonchev–Trinajstić information content (AvgIpc) is 3.59. The fourth-order valence-electron chi connectivity index (χ4n) is 4.27. The molecule has 0 aliphatic heterocycles. The molecule has 9 nitrogen and oxygen atoms in total. The van der Waals surface area contributed by atoms with Crippen LogP contribution in [0.15, 0.2) is 79.4 Å². The zero-order valence-corrected chi connectivity index (χ0v) is 19.3. The summed E-state index contributed by atoms with van der Waals surface area (Å²) in [5.74, 6) is -0.325. The number of carbonyl (C=O) groups is 1. The first kappa shape index (κ1) is 20.8. The minimum absolute atomic E-state index is 0.272. The third kappa shape index (κ3) is 3.72. The number of hydrogen-bond acceptors (Lipinski definition) is 5. The van der Waals surface area contributed by atoms with Gasteiger partial charge in [-0.3, -0.25) is 14.2 Å². The number of fused-ring (bicyclic) bond motifs is 2. The van der Waals surface area contributed by atoms with Crippen LogP contribution < -0.4 is 5.32 Å². The van der Waals surface area contributed by atoms with Crippen LogP contribution in [-0.2, 0) is 13.6 Å². The van der Waals surface area contributed by atoms with E-state index in [1.54, 1.807) is 33.9 Å². The fraction of sp³-hybridized carbons (Fsp3) is 0.115. The molecule has 0 radical (unpaired) electrons. The lowest BCUT2D eigenvalue weighted by Crippen LogP contribution is -2.12. The van der Waals surface area contributed by atoms with E-state index >= 15 is 0 Å². The van der Waals surface area contributed by atoms with Gasteiger partial charge in [0.25, 0.3) is 5.91 Å². The molecule has 172 valence electrons. The molecule has 6 aromatic rings. The number of rotatable bonds is 5. The lowest BCUT2D eigenvalue weighted by molar-refractivity contribution is 0.102. The summed E-state index contributed by atoms with van der Waals surface area (Å²) in [4.78, 5) is 17.3. The second kappa shape index (κ2) is 8.21. The quantitative estimate of drug-likeness (QED) is 0.416. The van der Waals surface area contributed by atoms with Crippen molar-refractivity contribution in [2.45, 2.75) is 13.5 Å². The first-order chi connectivity index (χ1) is 17.1. The van der Waals surface area contributed by atoms with Crippen molar-refractivity contribution in [3.8, 4) is 11.3 Å². The molecule has 2 aromatic carbocycles. The van der Waals surface area contributed by atoms with Crippen molar-refractivity contribution in [2.75, 3.05) is 5.32 Å². The van der Waals surface area contributed by atoms with Gasteiger partial charge >= 0.3 is 0 Å². The Morgan fingerprint density at radius 3 is 2.74 bits per heavy atom. The van der Waals surface area contributed by atoms with Crippen LogP contribution in [0.25, 0.3) is 27.7 Å². The van der Waals surface area contributed by atoms with E-state index in [2.05, 4.69) is 49.9 Å². The SMILES string of the molecule is Cc1c(-c2ccnc3cc(C(=O)Nc4cnn(Cc5cccc6ccccc56)c4)nn23)cnn1C. The van der Waals surface area contributed by atoms with Gasteiger partial charge in [-0.15, -0.1) is 0 Å². The van der Waals surface area contributed by atoms with Gasteiger partial charge in [0.2, 0.25) is 0 Å². The number of nitrogens with one attached hydrogen (secondary N) is 1. The van der Waals surface area contributed by atoms with Gasteiger partial charge in [-0.05, 0) is 29.3 Å². The Bertz CT molecular complexity index is 1700. The molecule has 1 N–H and O–H groups in total. The van der Waals surface area contributed by atoms with Crippen LogP contribution in [0.3, 0.4) is 0 Å². The van der Waals surface area contributed by atoms with Crippen molar-refractivity contribution in [1.82, 2.24) is 34.2 Å². The average molecular weight is 463 g/mol. The number of anilines is 1. The molecule has 9 heteroatoms. The van der Waals surface area contributed by atoms with E-state index in [1.807, 2.05) is 49.1 Å². The summed E-state index contributed by atoms with van der Waals surface area (Å²) in [5.41, 5.74) is 5.37. The maximum Gasteiger partial charge on any atom is 0.276 e. The van der Waals surface area contributed by atoms with E-state index in [0.717, 1.165) is 22.5 Å². The molecule has 0 fully saturated rings. The highest BCUT2D eigenvalue weighted by atomic mass is 16.2. The van der Waals surface area contributed by atoms with Crippen LogP contribution in [0.5, 0.6) is 0 Å². The highest BCUT2D eigenvalue weighted by Crippen LogP contribution is 2.23. The summed E-state index contributed by atoms with van der Waals surface area (Å²) in [6, 6.07) is 18.0. The molecule has 0 aliphatic carbocycles. The van der Waals surface area contributed by atoms with Gasteiger partial charge in [0.05, 0.1) is 30.3 Å². The minimum atomic E-state index is -0.325. The largest absolute Gasteiger partial charge is 0.318 e. The Morgan fingerprint density at radius 1 is 1.03 bits per heavy atom. The molecule has 0 saturated carbocycles. The minimum Gasteiger partial charge on any atom is -0.318 e. The summed E-state index contributed by atoms with van der Waals surface area (Å²) >= 11 is 0. The normalized spacial score (nSPS) is 11.4. The zero-order chi connectivity index (χ0) is 23.9. The molecule has 0 aliphatic rings. The van der Waals surface area contributed by atoms with Crippen molar-refractivity contribution < 1.29 is 4.79 Å². The first-order valence-corrected chi connectivity index (χ1v) is 11.2. The molecule has 35 heavy (non-hydrogen) atoms. The fourth-order valence-corrected chi connectivity index (χ4v) is 4.27. The third-order valence-electron chi connectivity index (χ3n) is 6.21. The molecule has 0 saturated heterocycles. The van der Waals surface area contributed by atoms with Crippen molar-refractivity contribution in [3.63, 3.8) is 0 Å². The molecule has 1 amide bonds. The van der Waals surface area contributed by atoms with E-state index < -0.39 is 0 Å². The lowest BCUT2D eigenvalue weighted by atomic mass is 10.0. The summed E-state index contributed by atoms with van der Waals surface area (Å²) in [6.07, 6.45) is 6.95. The molecule has 6 rings (SSSR count). The Balaban J connectivity index is 1.24. The molecular weight excluding hydrogens is 440 g/mol. The van der Waals surface area contributed by atoms with Crippen molar-refractivity contribution >= 4 is 28.0 Å². The smallest absolute Gasteiger partial charge is 0.276 e. The highest BCUT2D eigenvalue weighted by molar-refractivity contribution is 6.03. The van der Waals surface area contributed by atoms with Crippen LogP contribution in [-0.4, -0.2) is 40.1 Å². The molecule has 0 bridgehead atoms. The number of nitrogens with zero attached hydrogens (tertiary/aromatic N) is 7. The molecule has 0 unspecified atom stereocenters. The standard InChI is InChI=1S/C26H22N8O/c1-17-22(14-28-32(17)2)24-10-11-27-25-12-23(31-34(24)25)26(35)30-20-13-29-33(16-20)15-19-8-5-7-18-6-3-4-9-21(18)19/h3-14,16H,15H2,1-2H3,(H,30,35). The summed E-state index contributed by atoms with van der Waals surface area (Å²) < 4.78 is 5.28. The van der Waals surface area contributed by atoms with E-state index in [-0.39, 0.29) is 11.6 Å². The number of aryl methyl sites for hydroxylation is 1. The molecule has 0 atom stereocenters. The van der Waals surface area contributed by atoms with Crippen LogP contribution in [0.4, 0.5) is 5.69 Å². The number of hydrogen-bond donors (Lipinski definition) is 1. The molecule has 4 heterocycles. The Hall–Kier alpha value is -4.79. The monoisotopic (exact) mass is 462 g/mol. The summed E-state index contributed by atoms with van der Waals surface area (Å²) in [6.45, 7) is 2.59. The second-order valence-corrected chi connectivity index (χ2v) is 8.42. The van der Waals surface area contributed by atoms with Gasteiger partial charge in [0.1, 0.15) is 0 Å². The molecule has 0 spiro atoms. The maximum atomic E-state index is 13.0. The van der Waals surface area contributed by atoms with Gasteiger partial charge in [-0.2, -0.15) is 15.3 Å². The van der Waals surface area contributed by atoms with Gasteiger partial charge in [-0.25, -0.2) is 9.50 Å². The predicted octanol–water partition coefficient (Wildman–Crippen LogP) is 4.09. The highest BCUT2D eigenvalue weighted by Gasteiger charge is 2.17. The van der Waals surface area contributed by atoms with Gasteiger partial charge in [0.15, 0.2) is 11.3 Å². The van der Waals surface area contributed by atoms with Crippen molar-refractivity contribution in [2.24, 2.45) is 7.05 Å². The summed E-state index contributed by atoms with van der Waals surface area (Å²) in [5, 5.41) is 18.5. The van der Waals surface area contributed by atoms with E-state index in [9.17, 15) is 4.79 Å². The van der Waals surface area contributed by atoms with E-state index in [4.69, 9.17) is 0 Å². The molecule has 4 aromatic heterocycles. The van der Waals surface area contributed by atoms with Crippen LogP contribution in [0, 0.1) is 6.92 Å². The van der Waals surface area contributed by atoms with Gasteiger partial charge in [-0.1, -0.05) is 42.5 Å². The Morgan fingerprint density at radius 2 is 1.89 bits per heavy atom. The Kier molecular flexibility index (Phi) is 4.88. The topological polar surface area (TPSA) is 94.9 Å². The van der Waals surface area contributed by atoms with Gasteiger partial charge in [0, 0.05) is 36.8 Å². The first-order valence-electron chi connectivity index (χ1n) is 11.2. The third-order valence-corrected chi connectivity index (χ3v) is 6.21. The van der Waals surface area contributed by atoms with E-state index in [0.29, 0.717) is 17.9 Å². The number of aromatic nitrogens is 7. The Labute approximate surface area is 200 Å². The summed E-state index contributed by atoms with van der Waals surface area (Å²) in [7, 11) is 1.89. The predicted molar refractivity (Wildman–Crippen MR) is 133 cm³/mol. The maximum absolute atomic E-state index is 13.0. The van der Waals surface area contributed by atoms with Crippen LogP contribution >= 0.6 is 0 Å². The number of carbonyl (C=O) groups excluding carboxylic acids is 1. The van der Waals surface area contributed by atoms with Crippen LogP contribution in [0.1, 0.15) is 21.7 Å². The number of benzene rings is 2. The second-order valence-electron chi connectivity index (χ2n) is 8.42. The van der Waals surface area contributed by atoms with Crippen molar-refractivity contribution in [3.05, 3.63) is 96.3 Å². The van der Waals surface area contributed by atoms with Crippen LogP contribution in [0.2, 0.25) is 0 Å². The van der Waals surface area contributed by atoms with Gasteiger partial charge < -0.3 is 5.32 Å². The lowest BCUT2D eigenvalue weighted by Gasteiger charge is -2.06. The molecular formula is C26H22N8O. The van der Waals surface area contributed by atoms with Crippen molar-refractivity contribution in [1.29, 1.82) is 0 Å². The van der Waals surface area contributed by atoms with E-state index in [1.165, 1.54) is 10.8 Å². The zero-order valence-electron chi connectivity index (χ0n) is 19.3. The number of amides is 1.